The van der Waals surface area contributed by atoms with Gasteiger partial charge in [-0.2, -0.15) is 5.10 Å². The van der Waals surface area contributed by atoms with Crippen LogP contribution in [0.15, 0.2) is 35.0 Å². The number of furan rings is 1. The molecule has 1 aliphatic heterocycles. The highest BCUT2D eigenvalue weighted by Gasteiger charge is 2.33. The van der Waals surface area contributed by atoms with E-state index in [1.807, 2.05) is 13.0 Å². The van der Waals surface area contributed by atoms with E-state index in [4.69, 9.17) is 4.42 Å². The van der Waals surface area contributed by atoms with Gasteiger partial charge in [0.2, 0.25) is 11.8 Å². The Hall–Kier alpha value is -2.83. The number of carbonyl (C=O) groups is 2. The average Bonchev–Trinajstić information content (AvgIpc) is 3.20. The number of aryl methyl sites for hydroxylation is 2. The predicted octanol–water partition coefficient (Wildman–Crippen LogP) is 1.26. The van der Waals surface area contributed by atoms with Gasteiger partial charge in [0.25, 0.3) is 0 Å². The number of nitrogens with zero attached hydrogens (tertiary/aromatic N) is 3. The molecule has 7 nitrogen and oxygen atoms in total. The molecule has 1 N–H and O–H groups in total. The Kier molecular flexibility index (Phi) is 4.01. The summed E-state index contributed by atoms with van der Waals surface area (Å²) in [5, 5.41) is 6.79. The molecule has 0 bridgehead atoms. The molecule has 120 valence electrons. The Bertz CT molecular complexity index is 759. The molecular weight excluding hydrogens is 296 g/mol. The van der Waals surface area contributed by atoms with Crippen LogP contribution < -0.4 is 10.2 Å². The van der Waals surface area contributed by atoms with E-state index < -0.39 is 6.04 Å². The second-order valence-corrected chi connectivity index (χ2v) is 5.49. The number of nitrogens with one attached hydrogen (secondary N) is 1. The summed E-state index contributed by atoms with van der Waals surface area (Å²) in [5.41, 5.74) is 0.746. The molecule has 0 spiro atoms. The van der Waals surface area contributed by atoms with Gasteiger partial charge in [0.1, 0.15) is 17.6 Å². The molecule has 1 atom stereocenters. The fourth-order valence-electron chi connectivity index (χ4n) is 2.54. The molecule has 2 aromatic rings. The Morgan fingerprint density at radius 1 is 1.48 bits per heavy atom. The lowest BCUT2D eigenvalue weighted by Crippen LogP contribution is -2.40. The van der Waals surface area contributed by atoms with Crippen LogP contribution in [0.25, 0.3) is 6.08 Å². The van der Waals surface area contributed by atoms with E-state index in [2.05, 4.69) is 10.4 Å². The highest BCUT2D eigenvalue weighted by atomic mass is 16.3. The SMILES string of the molecule is Cc1ccc(/C=C/C(=O)N[C@@H]2CCN(c3cnn(C)c3)C2=O)o1. The molecule has 1 saturated heterocycles. The predicted molar refractivity (Wildman–Crippen MR) is 84.6 cm³/mol. The van der Waals surface area contributed by atoms with Crippen LogP contribution in [0.2, 0.25) is 0 Å². The first kappa shape index (κ1) is 15.1. The minimum absolute atomic E-state index is 0.117. The Balaban J connectivity index is 1.59. The van der Waals surface area contributed by atoms with Gasteiger partial charge in [0, 0.05) is 25.9 Å². The Morgan fingerprint density at radius 3 is 2.96 bits per heavy atom. The van der Waals surface area contributed by atoms with Crippen molar-refractivity contribution in [3.05, 3.63) is 42.1 Å². The quantitative estimate of drug-likeness (QED) is 0.862. The first-order valence-corrected chi connectivity index (χ1v) is 7.38. The largest absolute Gasteiger partial charge is 0.462 e. The van der Waals surface area contributed by atoms with Gasteiger partial charge in [0.05, 0.1) is 11.9 Å². The Morgan fingerprint density at radius 2 is 2.30 bits per heavy atom. The molecule has 7 heteroatoms. The topological polar surface area (TPSA) is 80.4 Å². The number of amides is 2. The van der Waals surface area contributed by atoms with Crippen molar-refractivity contribution in [2.24, 2.45) is 7.05 Å². The van der Waals surface area contributed by atoms with Gasteiger partial charge < -0.3 is 14.6 Å². The van der Waals surface area contributed by atoms with Crippen molar-refractivity contribution in [1.29, 1.82) is 0 Å². The van der Waals surface area contributed by atoms with E-state index in [9.17, 15) is 9.59 Å². The smallest absolute Gasteiger partial charge is 0.249 e. The minimum atomic E-state index is -0.509. The lowest BCUT2D eigenvalue weighted by atomic mass is 10.2. The molecule has 23 heavy (non-hydrogen) atoms. The second kappa shape index (κ2) is 6.12. The summed E-state index contributed by atoms with van der Waals surface area (Å²) in [5.74, 6) is 0.953. The van der Waals surface area contributed by atoms with E-state index in [0.29, 0.717) is 18.7 Å². The molecule has 0 radical (unpaired) electrons. The summed E-state index contributed by atoms with van der Waals surface area (Å²) in [7, 11) is 1.80. The van der Waals surface area contributed by atoms with Crippen LogP contribution >= 0.6 is 0 Å². The average molecular weight is 314 g/mol. The summed E-state index contributed by atoms with van der Waals surface area (Å²) in [6.07, 6.45) is 6.95. The van der Waals surface area contributed by atoms with E-state index in [1.165, 1.54) is 6.08 Å². The molecule has 2 aromatic heterocycles. The number of carbonyl (C=O) groups excluding carboxylic acids is 2. The van der Waals surface area contributed by atoms with E-state index >= 15 is 0 Å². The number of aromatic nitrogens is 2. The summed E-state index contributed by atoms with van der Waals surface area (Å²) < 4.78 is 6.99. The second-order valence-electron chi connectivity index (χ2n) is 5.49. The van der Waals surface area contributed by atoms with E-state index in [0.717, 1.165) is 11.4 Å². The first-order valence-electron chi connectivity index (χ1n) is 7.38. The molecule has 0 aliphatic carbocycles. The van der Waals surface area contributed by atoms with Crippen LogP contribution in [0, 0.1) is 6.92 Å². The molecule has 0 saturated carbocycles. The van der Waals surface area contributed by atoms with Gasteiger partial charge in [-0.3, -0.25) is 14.3 Å². The number of hydrogen-bond acceptors (Lipinski definition) is 4. The van der Waals surface area contributed by atoms with Crippen molar-refractivity contribution in [3.63, 3.8) is 0 Å². The maximum Gasteiger partial charge on any atom is 0.249 e. The zero-order valence-electron chi connectivity index (χ0n) is 13.0. The van der Waals surface area contributed by atoms with Crippen LogP contribution in [0.4, 0.5) is 5.69 Å². The van der Waals surface area contributed by atoms with Crippen molar-refractivity contribution in [2.45, 2.75) is 19.4 Å². The van der Waals surface area contributed by atoms with Crippen molar-refractivity contribution in [3.8, 4) is 0 Å². The minimum Gasteiger partial charge on any atom is -0.462 e. The summed E-state index contributed by atoms with van der Waals surface area (Å²) in [4.78, 5) is 25.9. The van der Waals surface area contributed by atoms with Crippen LogP contribution in [-0.4, -0.2) is 34.2 Å². The number of anilines is 1. The zero-order valence-corrected chi connectivity index (χ0v) is 13.0. The first-order chi connectivity index (χ1) is 11.0. The third-order valence-corrected chi connectivity index (χ3v) is 3.69. The lowest BCUT2D eigenvalue weighted by molar-refractivity contribution is -0.123. The molecule has 3 rings (SSSR count). The highest BCUT2D eigenvalue weighted by Crippen LogP contribution is 2.20. The van der Waals surface area contributed by atoms with Crippen molar-refractivity contribution >= 4 is 23.6 Å². The van der Waals surface area contributed by atoms with Crippen LogP contribution in [0.1, 0.15) is 17.9 Å². The third kappa shape index (κ3) is 3.33. The van der Waals surface area contributed by atoms with Crippen molar-refractivity contribution in [2.75, 3.05) is 11.4 Å². The fourth-order valence-corrected chi connectivity index (χ4v) is 2.54. The molecule has 0 unspecified atom stereocenters. The maximum atomic E-state index is 12.4. The lowest BCUT2D eigenvalue weighted by Gasteiger charge is -2.14. The van der Waals surface area contributed by atoms with Crippen LogP contribution in [0.3, 0.4) is 0 Å². The van der Waals surface area contributed by atoms with Crippen LogP contribution in [0.5, 0.6) is 0 Å². The van der Waals surface area contributed by atoms with Gasteiger partial charge in [-0.05, 0) is 31.6 Å². The molecular formula is C16H18N4O3. The molecule has 2 amide bonds. The molecule has 1 aliphatic rings. The number of hydrogen-bond donors (Lipinski definition) is 1. The van der Waals surface area contributed by atoms with Crippen molar-refractivity contribution in [1.82, 2.24) is 15.1 Å². The van der Waals surface area contributed by atoms with E-state index in [1.54, 1.807) is 41.2 Å². The Labute approximate surface area is 133 Å². The summed E-state index contributed by atoms with van der Waals surface area (Å²) >= 11 is 0. The van der Waals surface area contributed by atoms with Gasteiger partial charge in [-0.1, -0.05) is 0 Å². The summed E-state index contributed by atoms with van der Waals surface area (Å²) in [6, 6.07) is 3.10. The van der Waals surface area contributed by atoms with Gasteiger partial charge in [-0.25, -0.2) is 0 Å². The number of rotatable bonds is 4. The van der Waals surface area contributed by atoms with Gasteiger partial charge in [0.15, 0.2) is 0 Å². The monoisotopic (exact) mass is 314 g/mol. The molecule has 3 heterocycles. The fraction of sp³-hybridized carbons (Fsp3) is 0.312. The van der Waals surface area contributed by atoms with Crippen molar-refractivity contribution < 1.29 is 14.0 Å². The van der Waals surface area contributed by atoms with Gasteiger partial charge >= 0.3 is 0 Å². The zero-order chi connectivity index (χ0) is 16.4. The van der Waals surface area contributed by atoms with Gasteiger partial charge in [-0.15, -0.1) is 0 Å². The normalized spacial score (nSPS) is 18.1. The third-order valence-electron chi connectivity index (χ3n) is 3.69. The van der Waals surface area contributed by atoms with Crippen LogP contribution in [-0.2, 0) is 16.6 Å². The molecule has 0 aromatic carbocycles. The molecule has 1 fully saturated rings. The van der Waals surface area contributed by atoms with E-state index in [-0.39, 0.29) is 11.8 Å². The standard InChI is InChI=1S/C16H18N4O3/c1-11-3-4-13(23-11)5-6-15(21)18-14-7-8-20(16(14)22)12-9-17-19(2)10-12/h3-6,9-10,14H,7-8H2,1-2H3,(H,18,21)/b6-5+/t14-/m1/s1. The maximum absolute atomic E-state index is 12.4. The summed E-state index contributed by atoms with van der Waals surface area (Å²) in [6.45, 7) is 2.40. The highest BCUT2D eigenvalue weighted by molar-refractivity contribution is 6.02.